The summed E-state index contributed by atoms with van der Waals surface area (Å²) in [5.41, 5.74) is 6.36. The van der Waals surface area contributed by atoms with Crippen LogP contribution < -0.4 is 11.1 Å². The van der Waals surface area contributed by atoms with Crippen LogP contribution in [0.4, 0.5) is 0 Å². The summed E-state index contributed by atoms with van der Waals surface area (Å²) in [6.45, 7) is 4.82. The van der Waals surface area contributed by atoms with E-state index in [1.807, 2.05) is 0 Å². The molecule has 2 amide bonds. The summed E-state index contributed by atoms with van der Waals surface area (Å²) >= 11 is 0. The molecule has 0 aliphatic carbocycles. The Bertz CT molecular complexity index is 556. The molecule has 1 fully saturated rings. The summed E-state index contributed by atoms with van der Waals surface area (Å²) in [5, 5.41) is 2.92. The number of ether oxygens (including phenoxy) is 1. The Kier molecular flexibility index (Phi) is 5.43. The van der Waals surface area contributed by atoms with Gasteiger partial charge in [0, 0.05) is 31.9 Å². The first-order valence-corrected chi connectivity index (χ1v) is 7.44. The number of nitrogens with one attached hydrogen (secondary N) is 1. The van der Waals surface area contributed by atoms with E-state index in [0.29, 0.717) is 30.3 Å². The minimum atomic E-state index is -0.423. The van der Waals surface area contributed by atoms with Crippen LogP contribution in [0.25, 0.3) is 0 Å². The standard InChI is InChI=1S/C15H22N4O3/c1-9-12(8-17-10(2)18-9)15(21)19-13(7-14(16)20)11-3-5-22-6-4-11/h8,11,13H,3-7H2,1-2H3,(H2,16,20)(H,19,21). The Hall–Kier alpha value is -2.02. The number of nitrogens with two attached hydrogens (primary N) is 1. The van der Waals surface area contributed by atoms with Crippen molar-refractivity contribution in [2.45, 2.75) is 39.2 Å². The van der Waals surface area contributed by atoms with Gasteiger partial charge in [0.1, 0.15) is 5.82 Å². The first-order chi connectivity index (χ1) is 10.5. The van der Waals surface area contributed by atoms with E-state index in [9.17, 15) is 9.59 Å². The van der Waals surface area contributed by atoms with Crippen molar-refractivity contribution in [3.8, 4) is 0 Å². The molecule has 1 aliphatic rings. The van der Waals surface area contributed by atoms with Gasteiger partial charge in [-0.2, -0.15) is 0 Å². The van der Waals surface area contributed by atoms with Gasteiger partial charge in [0.15, 0.2) is 0 Å². The third-order valence-electron chi connectivity index (χ3n) is 3.92. The molecule has 0 bridgehead atoms. The zero-order chi connectivity index (χ0) is 16.1. The van der Waals surface area contributed by atoms with Crippen molar-refractivity contribution in [1.82, 2.24) is 15.3 Å². The average Bonchev–Trinajstić information content (AvgIpc) is 2.46. The van der Waals surface area contributed by atoms with Gasteiger partial charge in [-0.3, -0.25) is 9.59 Å². The van der Waals surface area contributed by atoms with Crippen molar-refractivity contribution in [3.63, 3.8) is 0 Å². The Labute approximate surface area is 129 Å². The SMILES string of the molecule is Cc1ncc(C(=O)NC(CC(N)=O)C2CCOCC2)c(C)n1. The molecule has 3 N–H and O–H groups in total. The number of primary amides is 1. The number of aryl methyl sites for hydroxylation is 2. The number of rotatable bonds is 5. The Morgan fingerprint density at radius 1 is 1.41 bits per heavy atom. The highest BCUT2D eigenvalue weighted by Gasteiger charge is 2.27. The van der Waals surface area contributed by atoms with E-state index in [2.05, 4.69) is 15.3 Å². The van der Waals surface area contributed by atoms with Crippen LogP contribution in [-0.2, 0) is 9.53 Å². The van der Waals surface area contributed by atoms with Gasteiger partial charge in [-0.25, -0.2) is 9.97 Å². The van der Waals surface area contributed by atoms with E-state index >= 15 is 0 Å². The fourth-order valence-electron chi connectivity index (χ4n) is 2.72. The molecule has 2 rings (SSSR count). The van der Waals surface area contributed by atoms with E-state index in [0.717, 1.165) is 12.8 Å². The number of nitrogens with zero attached hydrogens (tertiary/aromatic N) is 2. The maximum absolute atomic E-state index is 12.4. The van der Waals surface area contributed by atoms with Crippen molar-refractivity contribution in [2.75, 3.05) is 13.2 Å². The van der Waals surface area contributed by atoms with Crippen LogP contribution >= 0.6 is 0 Å². The molecule has 2 heterocycles. The van der Waals surface area contributed by atoms with Crippen LogP contribution in [0, 0.1) is 19.8 Å². The molecule has 22 heavy (non-hydrogen) atoms. The summed E-state index contributed by atoms with van der Waals surface area (Å²) in [6.07, 6.45) is 3.25. The quantitative estimate of drug-likeness (QED) is 0.823. The molecule has 1 atom stereocenters. The van der Waals surface area contributed by atoms with Crippen molar-refractivity contribution < 1.29 is 14.3 Å². The van der Waals surface area contributed by atoms with E-state index in [1.165, 1.54) is 6.20 Å². The van der Waals surface area contributed by atoms with Gasteiger partial charge in [-0.05, 0) is 32.6 Å². The second-order valence-corrected chi connectivity index (χ2v) is 5.62. The fraction of sp³-hybridized carbons (Fsp3) is 0.600. The Balaban J connectivity index is 2.11. The largest absolute Gasteiger partial charge is 0.381 e. The molecule has 0 saturated carbocycles. The molecule has 1 aromatic rings. The minimum absolute atomic E-state index is 0.127. The minimum Gasteiger partial charge on any atom is -0.381 e. The van der Waals surface area contributed by atoms with E-state index in [-0.39, 0.29) is 24.3 Å². The predicted molar refractivity (Wildman–Crippen MR) is 80.1 cm³/mol. The van der Waals surface area contributed by atoms with Crippen LogP contribution in [0.2, 0.25) is 0 Å². The predicted octanol–water partition coefficient (Wildman–Crippen LogP) is 0.494. The summed E-state index contributed by atoms with van der Waals surface area (Å²) < 4.78 is 5.33. The second-order valence-electron chi connectivity index (χ2n) is 5.62. The molecule has 120 valence electrons. The zero-order valence-electron chi connectivity index (χ0n) is 13.0. The van der Waals surface area contributed by atoms with Gasteiger partial charge >= 0.3 is 0 Å². The lowest BCUT2D eigenvalue weighted by Crippen LogP contribution is -2.44. The molecule has 1 aromatic heterocycles. The normalized spacial score (nSPS) is 17.0. The van der Waals surface area contributed by atoms with Crippen LogP contribution in [0.15, 0.2) is 6.20 Å². The number of carbonyl (C=O) groups excluding carboxylic acids is 2. The van der Waals surface area contributed by atoms with Crippen LogP contribution in [0.3, 0.4) is 0 Å². The lowest BCUT2D eigenvalue weighted by molar-refractivity contribution is -0.118. The first kappa shape index (κ1) is 16.4. The third-order valence-corrected chi connectivity index (χ3v) is 3.92. The van der Waals surface area contributed by atoms with Gasteiger partial charge in [-0.1, -0.05) is 0 Å². The number of carbonyl (C=O) groups is 2. The summed E-state index contributed by atoms with van der Waals surface area (Å²) in [7, 11) is 0. The first-order valence-electron chi connectivity index (χ1n) is 7.44. The third kappa shape index (κ3) is 4.24. The number of amides is 2. The van der Waals surface area contributed by atoms with Crippen LogP contribution in [0.1, 0.15) is 41.1 Å². The van der Waals surface area contributed by atoms with E-state index in [1.54, 1.807) is 13.8 Å². The highest BCUT2D eigenvalue weighted by Crippen LogP contribution is 2.21. The molecule has 0 aromatic carbocycles. The smallest absolute Gasteiger partial charge is 0.254 e. The van der Waals surface area contributed by atoms with Crippen molar-refractivity contribution in [2.24, 2.45) is 11.7 Å². The lowest BCUT2D eigenvalue weighted by atomic mass is 9.89. The summed E-state index contributed by atoms with van der Waals surface area (Å²) in [5.74, 6) is 0.118. The van der Waals surface area contributed by atoms with Gasteiger partial charge < -0.3 is 15.8 Å². The maximum atomic E-state index is 12.4. The molecule has 0 radical (unpaired) electrons. The van der Waals surface area contributed by atoms with Crippen molar-refractivity contribution in [1.29, 1.82) is 0 Å². The van der Waals surface area contributed by atoms with Crippen LogP contribution in [-0.4, -0.2) is 41.0 Å². The average molecular weight is 306 g/mol. The fourth-order valence-corrected chi connectivity index (χ4v) is 2.72. The number of aromatic nitrogens is 2. The molecule has 1 saturated heterocycles. The molecule has 7 nitrogen and oxygen atoms in total. The highest BCUT2D eigenvalue weighted by atomic mass is 16.5. The molecule has 0 spiro atoms. The maximum Gasteiger partial charge on any atom is 0.254 e. The molecular weight excluding hydrogens is 284 g/mol. The number of hydrogen-bond donors (Lipinski definition) is 2. The zero-order valence-corrected chi connectivity index (χ0v) is 13.0. The van der Waals surface area contributed by atoms with Gasteiger partial charge in [0.25, 0.3) is 5.91 Å². The molecule has 1 unspecified atom stereocenters. The van der Waals surface area contributed by atoms with E-state index in [4.69, 9.17) is 10.5 Å². The second kappa shape index (κ2) is 7.31. The monoisotopic (exact) mass is 306 g/mol. The van der Waals surface area contributed by atoms with Crippen molar-refractivity contribution in [3.05, 3.63) is 23.3 Å². The highest BCUT2D eigenvalue weighted by molar-refractivity contribution is 5.95. The molecule has 1 aliphatic heterocycles. The number of hydrogen-bond acceptors (Lipinski definition) is 5. The van der Waals surface area contributed by atoms with E-state index < -0.39 is 5.91 Å². The van der Waals surface area contributed by atoms with Gasteiger partial charge in [0.05, 0.1) is 11.3 Å². The van der Waals surface area contributed by atoms with Gasteiger partial charge in [-0.15, -0.1) is 0 Å². The Morgan fingerprint density at radius 2 is 2.09 bits per heavy atom. The van der Waals surface area contributed by atoms with Crippen molar-refractivity contribution >= 4 is 11.8 Å². The lowest BCUT2D eigenvalue weighted by Gasteiger charge is -2.30. The Morgan fingerprint density at radius 3 is 2.68 bits per heavy atom. The summed E-state index contributed by atoms with van der Waals surface area (Å²) in [6, 6.07) is -0.283. The van der Waals surface area contributed by atoms with Gasteiger partial charge in [0.2, 0.25) is 5.91 Å². The molecular formula is C15H22N4O3. The topological polar surface area (TPSA) is 107 Å². The summed E-state index contributed by atoms with van der Waals surface area (Å²) in [4.78, 5) is 32.0. The molecule has 7 heteroatoms. The van der Waals surface area contributed by atoms with Crippen LogP contribution in [0.5, 0.6) is 0 Å².